The molecular weight excluding hydrogens is 489 g/mol. The van der Waals surface area contributed by atoms with Crippen molar-refractivity contribution in [1.82, 2.24) is 29.8 Å². The van der Waals surface area contributed by atoms with Crippen molar-refractivity contribution in [3.63, 3.8) is 0 Å². The molecule has 0 amide bonds. The van der Waals surface area contributed by atoms with E-state index in [1.165, 1.54) is 16.8 Å². The van der Waals surface area contributed by atoms with E-state index in [-0.39, 0.29) is 24.0 Å². The first kappa shape index (κ1) is 22.6. The van der Waals surface area contributed by atoms with Gasteiger partial charge < -0.3 is 15.0 Å². The van der Waals surface area contributed by atoms with Crippen LogP contribution >= 0.6 is 24.0 Å². The highest BCUT2D eigenvalue weighted by atomic mass is 127. The standard InChI is InChI=1S/C22H31N7.HI/c1-5-23-22(24-12-19-14-28-9-8-16(4)10-21(28)25-19)26-18-7-6-17-13-29(15(2)3)27-20(17)11-18;/h8-10,13-15,18H,5-7,11-12H2,1-4H3,(H2,23,24,26);1H. The average molecular weight is 521 g/mol. The number of rotatable bonds is 5. The second kappa shape index (κ2) is 9.80. The minimum absolute atomic E-state index is 0. The second-order valence-corrected chi connectivity index (χ2v) is 8.16. The summed E-state index contributed by atoms with van der Waals surface area (Å²) in [4.78, 5) is 9.47. The van der Waals surface area contributed by atoms with E-state index in [0.717, 1.165) is 43.1 Å². The molecule has 0 radical (unpaired) electrons. The summed E-state index contributed by atoms with van der Waals surface area (Å²) in [7, 11) is 0. The van der Waals surface area contributed by atoms with Crippen molar-refractivity contribution in [1.29, 1.82) is 0 Å². The molecule has 1 unspecified atom stereocenters. The molecule has 4 rings (SSSR count). The van der Waals surface area contributed by atoms with Crippen LogP contribution in [-0.2, 0) is 19.4 Å². The number of aliphatic imine (C=N–C) groups is 1. The molecule has 162 valence electrons. The van der Waals surface area contributed by atoms with E-state index < -0.39 is 0 Å². The first-order valence-corrected chi connectivity index (χ1v) is 10.6. The van der Waals surface area contributed by atoms with Crippen LogP contribution in [0.2, 0.25) is 0 Å². The van der Waals surface area contributed by atoms with Crippen LogP contribution in [0, 0.1) is 6.92 Å². The lowest BCUT2D eigenvalue weighted by Gasteiger charge is -2.24. The number of imidazole rings is 1. The van der Waals surface area contributed by atoms with Crippen molar-refractivity contribution in [3.8, 4) is 0 Å². The third-order valence-electron chi connectivity index (χ3n) is 5.38. The molecule has 0 aliphatic heterocycles. The van der Waals surface area contributed by atoms with Gasteiger partial charge in [-0.1, -0.05) is 0 Å². The lowest BCUT2D eigenvalue weighted by atomic mass is 9.94. The van der Waals surface area contributed by atoms with E-state index in [1.54, 1.807) is 0 Å². The van der Waals surface area contributed by atoms with Crippen LogP contribution in [-0.4, -0.2) is 37.7 Å². The maximum Gasteiger partial charge on any atom is 0.191 e. The Bertz CT molecular complexity index is 1020. The molecule has 3 aromatic rings. The summed E-state index contributed by atoms with van der Waals surface area (Å²) in [5, 5.41) is 11.8. The fourth-order valence-electron chi connectivity index (χ4n) is 3.79. The molecule has 0 saturated carbocycles. The number of guanidine groups is 1. The molecular formula is C22H32IN7. The molecule has 0 bridgehead atoms. The Morgan fingerprint density at radius 3 is 2.93 bits per heavy atom. The summed E-state index contributed by atoms with van der Waals surface area (Å²) in [6.07, 6.45) is 9.39. The van der Waals surface area contributed by atoms with Crippen LogP contribution in [0.4, 0.5) is 0 Å². The zero-order valence-electron chi connectivity index (χ0n) is 18.2. The van der Waals surface area contributed by atoms with Gasteiger partial charge in [0.15, 0.2) is 5.96 Å². The van der Waals surface area contributed by atoms with Crippen molar-refractivity contribution in [2.75, 3.05) is 6.54 Å². The molecule has 7 nitrogen and oxygen atoms in total. The summed E-state index contributed by atoms with van der Waals surface area (Å²) in [6.45, 7) is 9.90. The Labute approximate surface area is 195 Å². The highest BCUT2D eigenvalue weighted by molar-refractivity contribution is 14.0. The predicted molar refractivity (Wildman–Crippen MR) is 132 cm³/mol. The third kappa shape index (κ3) is 5.14. The van der Waals surface area contributed by atoms with E-state index in [4.69, 9.17) is 10.1 Å². The topological polar surface area (TPSA) is 71.5 Å². The third-order valence-corrected chi connectivity index (χ3v) is 5.38. The van der Waals surface area contributed by atoms with Crippen LogP contribution in [0.3, 0.4) is 0 Å². The quantitative estimate of drug-likeness (QED) is 0.306. The molecule has 2 N–H and O–H groups in total. The predicted octanol–water partition coefficient (Wildman–Crippen LogP) is 3.65. The van der Waals surface area contributed by atoms with Crippen molar-refractivity contribution in [2.45, 2.75) is 65.6 Å². The molecule has 30 heavy (non-hydrogen) atoms. The summed E-state index contributed by atoms with van der Waals surface area (Å²) >= 11 is 0. The lowest BCUT2D eigenvalue weighted by Crippen LogP contribution is -2.45. The molecule has 0 spiro atoms. The molecule has 3 aromatic heterocycles. The Morgan fingerprint density at radius 1 is 1.33 bits per heavy atom. The highest BCUT2D eigenvalue weighted by Crippen LogP contribution is 2.21. The fraction of sp³-hybridized carbons (Fsp3) is 0.500. The van der Waals surface area contributed by atoms with Crippen LogP contribution in [0.5, 0.6) is 0 Å². The smallest absolute Gasteiger partial charge is 0.191 e. The van der Waals surface area contributed by atoms with Gasteiger partial charge in [-0.15, -0.1) is 24.0 Å². The van der Waals surface area contributed by atoms with E-state index in [1.807, 2.05) is 16.8 Å². The molecule has 0 saturated heterocycles. The van der Waals surface area contributed by atoms with Crippen LogP contribution < -0.4 is 10.6 Å². The van der Waals surface area contributed by atoms with Crippen LogP contribution in [0.25, 0.3) is 5.65 Å². The van der Waals surface area contributed by atoms with E-state index >= 15 is 0 Å². The molecule has 0 aromatic carbocycles. The SMILES string of the molecule is CCNC(=NCc1cn2ccc(C)cc2n1)NC1CCc2cn(C(C)C)nc2C1.I. The summed E-state index contributed by atoms with van der Waals surface area (Å²) in [6, 6.07) is 4.93. The van der Waals surface area contributed by atoms with Gasteiger partial charge >= 0.3 is 0 Å². The normalized spacial score (nSPS) is 16.4. The first-order chi connectivity index (χ1) is 14.0. The number of hydrogen-bond donors (Lipinski definition) is 2. The largest absolute Gasteiger partial charge is 0.357 e. The van der Waals surface area contributed by atoms with Gasteiger partial charge in [-0.25, -0.2) is 9.98 Å². The number of aromatic nitrogens is 4. The molecule has 8 heteroatoms. The van der Waals surface area contributed by atoms with Crippen LogP contribution in [0.1, 0.15) is 55.7 Å². The summed E-state index contributed by atoms with van der Waals surface area (Å²) in [5.74, 6) is 0.845. The van der Waals surface area contributed by atoms with Gasteiger partial charge in [0.05, 0.1) is 17.9 Å². The minimum Gasteiger partial charge on any atom is -0.357 e. The Kier molecular flexibility index (Phi) is 7.38. The number of aryl methyl sites for hydroxylation is 2. The minimum atomic E-state index is 0. The van der Waals surface area contributed by atoms with Crippen LogP contribution in [0.15, 0.2) is 35.7 Å². The van der Waals surface area contributed by atoms with Gasteiger partial charge in [-0.2, -0.15) is 5.10 Å². The fourth-order valence-corrected chi connectivity index (χ4v) is 3.79. The molecule has 1 aliphatic rings. The Balaban J connectivity index is 0.00000256. The Morgan fingerprint density at radius 2 is 2.17 bits per heavy atom. The van der Waals surface area contributed by atoms with Gasteiger partial charge in [0.2, 0.25) is 0 Å². The van der Waals surface area contributed by atoms with Crippen molar-refractivity contribution in [2.24, 2.45) is 4.99 Å². The van der Waals surface area contributed by atoms with Crippen molar-refractivity contribution < 1.29 is 0 Å². The average Bonchev–Trinajstić information content (AvgIpc) is 3.29. The monoisotopic (exact) mass is 521 g/mol. The number of hydrogen-bond acceptors (Lipinski definition) is 3. The van der Waals surface area contributed by atoms with Gasteiger partial charge in [0.25, 0.3) is 0 Å². The van der Waals surface area contributed by atoms with E-state index in [2.05, 4.69) is 66.3 Å². The summed E-state index contributed by atoms with van der Waals surface area (Å²) < 4.78 is 4.13. The van der Waals surface area contributed by atoms with Gasteiger partial charge in [-0.3, -0.25) is 4.68 Å². The number of fused-ring (bicyclic) bond motifs is 2. The number of nitrogens with zero attached hydrogens (tertiary/aromatic N) is 5. The zero-order chi connectivity index (χ0) is 20.4. The first-order valence-electron chi connectivity index (χ1n) is 10.6. The number of pyridine rings is 1. The highest BCUT2D eigenvalue weighted by Gasteiger charge is 2.23. The van der Waals surface area contributed by atoms with E-state index in [9.17, 15) is 0 Å². The van der Waals surface area contributed by atoms with E-state index in [0.29, 0.717) is 18.6 Å². The van der Waals surface area contributed by atoms with Crippen molar-refractivity contribution in [3.05, 3.63) is 53.2 Å². The lowest BCUT2D eigenvalue weighted by molar-refractivity contribution is 0.499. The molecule has 3 heterocycles. The van der Waals surface area contributed by atoms with Gasteiger partial charge in [0.1, 0.15) is 5.65 Å². The summed E-state index contributed by atoms with van der Waals surface area (Å²) in [5.41, 5.74) is 5.75. The van der Waals surface area contributed by atoms with Gasteiger partial charge in [-0.05, 0) is 63.8 Å². The maximum atomic E-state index is 4.78. The molecule has 1 aliphatic carbocycles. The zero-order valence-corrected chi connectivity index (χ0v) is 20.6. The second-order valence-electron chi connectivity index (χ2n) is 8.16. The van der Waals surface area contributed by atoms with Gasteiger partial charge in [0, 0.05) is 43.6 Å². The van der Waals surface area contributed by atoms with Crippen molar-refractivity contribution >= 4 is 35.6 Å². The Hall–Kier alpha value is -2.10. The maximum absolute atomic E-state index is 4.78. The number of halogens is 1. The molecule has 1 atom stereocenters. The number of nitrogens with one attached hydrogen (secondary N) is 2. The molecule has 0 fully saturated rings.